The fourth-order valence-electron chi connectivity index (χ4n) is 2.98. The van der Waals surface area contributed by atoms with E-state index in [1.807, 2.05) is 61.5 Å². The molecule has 0 saturated heterocycles. The molecule has 3 aromatic rings. The number of hydrogen-bond donors (Lipinski definition) is 1. The number of hydrogen-bond acceptors (Lipinski definition) is 6. The van der Waals surface area contributed by atoms with Gasteiger partial charge in [-0.05, 0) is 42.7 Å². The first-order chi connectivity index (χ1) is 13.5. The molecule has 7 heteroatoms. The molecule has 0 aliphatic rings. The van der Waals surface area contributed by atoms with Gasteiger partial charge < -0.3 is 10.2 Å². The van der Waals surface area contributed by atoms with Crippen LogP contribution < -0.4 is 10.2 Å². The van der Waals surface area contributed by atoms with Crippen molar-refractivity contribution in [2.24, 2.45) is 0 Å². The normalized spacial score (nSPS) is 10.7. The largest absolute Gasteiger partial charge is 0.354 e. The zero-order valence-corrected chi connectivity index (χ0v) is 16.2. The number of benzene rings is 2. The molecule has 1 aromatic heterocycles. The first kappa shape index (κ1) is 19.3. The van der Waals surface area contributed by atoms with Crippen molar-refractivity contribution in [3.05, 3.63) is 76.6 Å². The Hall–Kier alpha value is -3.48. The Morgan fingerprint density at radius 2 is 1.75 bits per heavy atom. The lowest BCUT2D eigenvalue weighted by Gasteiger charge is -2.22. The second-order valence-corrected chi connectivity index (χ2v) is 6.63. The second kappa shape index (κ2) is 8.47. The number of aromatic nitrogens is 2. The number of rotatable bonds is 7. The molecule has 2 aromatic carbocycles. The van der Waals surface area contributed by atoms with Crippen LogP contribution in [0.5, 0.6) is 0 Å². The van der Waals surface area contributed by atoms with Gasteiger partial charge in [-0.15, -0.1) is 0 Å². The third kappa shape index (κ3) is 4.09. The van der Waals surface area contributed by atoms with E-state index in [0.717, 1.165) is 11.4 Å². The summed E-state index contributed by atoms with van der Waals surface area (Å²) in [6.45, 7) is 6.70. The van der Waals surface area contributed by atoms with Crippen molar-refractivity contribution in [2.45, 2.75) is 26.7 Å². The van der Waals surface area contributed by atoms with Crippen LogP contribution in [0.25, 0.3) is 0 Å². The molecule has 0 saturated carbocycles. The molecule has 0 aliphatic heterocycles. The predicted molar refractivity (Wildman–Crippen MR) is 112 cm³/mol. The number of nitrogens with zero attached hydrogens (tertiary/aromatic N) is 4. The van der Waals surface area contributed by atoms with Gasteiger partial charge in [-0.1, -0.05) is 44.2 Å². The molecular weight excluding hydrogens is 354 g/mol. The minimum atomic E-state index is -0.439. The van der Waals surface area contributed by atoms with Crippen LogP contribution in [0.4, 0.5) is 28.7 Å². The highest BCUT2D eigenvalue weighted by molar-refractivity contribution is 5.78. The Balaban J connectivity index is 2.01. The monoisotopic (exact) mass is 377 g/mol. The fourth-order valence-corrected chi connectivity index (χ4v) is 2.98. The number of anilines is 4. The summed E-state index contributed by atoms with van der Waals surface area (Å²) < 4.78 is 0. The van der Waals surface area contributed by atoms with E-state index in [1.54, 1.807) is 4.90 Å². The molecule has 3 rings (SSSR count). The predicted octanol–water partition coefficient (Wildman–Crippen LogP) is 5.41. The first-order valence-corrected chi connectivity index (χ1v) is 9.20. The Morgan fingerprint density at radius 3 is 2.32 bits per heavy atom. The lowest BCUT2D eigenvalue weighted by molar-refractivity contribution is -0.383. The van der Waals surface area contributed by atoms with E-state index >= 15 is 0 Å². The van der Waals surface area contributed by atoms with E-state index in [0.29, 0.717) is 12.5 Å². The second-order valence-electron chi connectivity index (χ2n) is 6.63. The van der Waals surface area contributed by atoms with Crippen molar-refractivity contribution in [1.29, 1.82) is 0 Å². The van der Waals surface area contributed by atoms with Crippen molar-refractivity contribution in [2.75, 3.05) is 16.8 Å². The zero-order chi connectivity index (χ0) is 20.1. The molecule has 0 fully saturated rings. The molecule has 0 spiro atoms. The standard InChI is InChI=1S/C21H23N5O2/c1-4-25(18-8-6-5-7-9-18)21-19(26(27)28)20(22-14-23-21)24-17-12-10-16(11-13-17)15(2)3/h5-15H,4H2,1-3H3,(H,22,23,24). The van der Waals surface area contributed by atoms with E-state index in [1.165, 1.54) is 11.9 Å². The third-order valence-electron chi connectivity index (χ3n) is 4.47. The summed E-state index contributed by atoms with van der Waals surface area (Å²) in [7, 11) is 0. The minimum Gasteiger partial charge on any atom is -0.334 e. The van der Waals surface area contributed by atoms with Crippen molar-refractivity contribution in [3.63, 3.8) is 0 Å². The van der Waals surface area contributed by atoms with E-state index in [-0.39, 0.29) is 17.3 Å². The maximum absolute atomic E-state index is 11.9. The van der Waals surface area contributed by atoms with Gasteiger partial charge >= 0.3 is 5.69 Å². The van der Waals surface area contributed by atoms with Crippen molar-refractivity contribution >= 4 is 28.7 Å². The highest BCUT2D eigenvalue weighted by Crippen LogP contribution is 2.36. The summed E-state index contributed by atoms with van der Waals surface area (Å²) in [5, 5.41) is 15.0. The van der Waals surface area contributed by atoms with Gasteiger partial charge in [0.15, 0.2) is 0 Å². The average molecular weight is 377 g/mol. The Morgan fingerprint density at radius 1 is 1.07 bits per heavy atom. The van der Waals surface area contributed by atoms with Gasteiger partial charge in [-0.2, -0.15) is 0 Å². The van der Waals surface area contributed by atoms with E-state index in [2.05, 4.69) is 29.1 Å². The van der Waals surface area contributed by atoms with Crippen LogP contribution in [0.15, 0.2) is 60.9 Å². The zero-order valence-electron chi connectivity index (χ0n) is 16.2. The van der Waals surface area contributed by atoms with E-state index in [9.17, 15) is 10.1 Å². The van der Waals surface area contributed by atoms with Gasteiger partial charge in [-0.25, -0.2) is 9.97 Å². The van der Waals surface area contributed by atoms with Crippen LogP contribution in [0.2, 0.25) is 0 Å². The number of nitrogens with one attached hydrogen (secondary N) is 1. The molecule has 0 amide bonds. The molecule has 0 unspecified atom stereocenters. The Kier molecular flexibility index (Phi) is 5.84. The van der Waals surface area contributed by atoms with Gasteiger partial charge in [0.05, 0.1) is 4.92 Å². The summed E-state index contributed by atoms with van der Waals surface area (Å²) in [6.07, 6.45) is 1.35. The summed E-state index contributed by atoms with van der Waals surface area (Å²) in [5.74, 6) is 0.842. The van der Waals surface area contributed by atoms with E-state index in [4.69, 9.17) is 0 Å². The molecule has 0 bridgehead atoms. The molecule has 7 nitrogen and oxygen atoms in total. The maximum atomic E-state index is 11.9. The molecule has 0 aliphatic carbocycles. The van der Waals surface area contributed by atoms with Crippen LogP contribution in [-0.4, -0.2) is 21.4 Å². The SMILES string of the molecule is CCN(c1ccccc1)c1ncnc(Nc2ccc(C(C)C)cc2)c1[N+](=O)[O-]. The molecular formula is C21H23N5O2. The van der Waals surface area contributed by atoms with Gasteiger partial charge in [0.2, 0.25) is 11.6 Å². The van der Waals surface area contributed by atoms with Crippen molar-refractivity contribution in [1.82, 2.24) is 9.97 Å². The van der Waals surface area contributed by atoms with Crippen LogP contribution in [0.1, 0.15) is 32.3 Å². The molecule has 0 atom stereocenters. The third-order valence-corrected chi connectivity index (χ3v) is 4.47. The fraction of sp³-hybridized carbons (Fsp3) is 0.238. The summed E-state index contributed by atoms with van der Waals surface area (Å²) in [5.41, 5.74) is 2.62. The van der Waals surface area contributed by atoms with Gasteiger partial charge in [0.25, 0.3) is 0 Å². The topological polar surface area (TPSA) is 84.2 Å². The smallest absolute Gasteiger partial charge is 0.334 e. The quantitative estimate of drug-likeness (QED) is 0.438. The first-order valence-electron chi connectivity index (χ1n) is 9.20. The highest BCUT2D eigenvalue weighted by Gasteiger charge is 2.27. The van der Waals surface area contributed by atoms with Gasteiger partial charge in [0, 0.05) is 17.9 Å². The lowest BCUT2D eigenvalue weighted by Crippen LogP contribution is -2.19. The summed E-state index contributed by atoms with van der Waals surface area (Å²) in [4.78, 5) is 21.6. The van der Waals surface area contributed by atoms with Crippen LogP contribution in [-0.2, 0) is 0 Å². The summed E-state index contributed by atoms with van der Waals surface area (Å²) in [6, 6.07) is 17.3. The Bertz CT molecular complexity index is 943. The van der Waals surface area contributed by atoms with Crippen LogP contribution >= 0.6 is 0 Å². The Labute approximate surface area is 164 Å². The van der Waals surface area contributed by atoms with Crippen LogP contribution in [0, 0.1) is 10.1 Å². The van der Waals surface area contributed by atoms with Gasteiger partial charge in [-0.3, -0.25) is 10.1 Å². The molecule has 1 heterocycles. The lowest BCUT2D eigenvalue weighted by atomic mass is 10.0. The summed E-state index contributed by atoms with van der Waals surface area (Å²) >= 11 is 0. The van der Waals surface area contributed by atoms with Gasteiger partial charge in [0.1, 0.15) is 6.33 Å². The number of nitro groups is 1. The number of para-hydroxylation sites is 1. The van der Waals surface area contributed by atoms with Crippen molar-refractivity contribution < 1.29 is 4.92 Å². The molecule has 0 radical (unpaired) electrons. The molecule has 28 heavy (non-hydrogen) atoms. The minimum absolute atomic E-state index is 0.152. The molecule has 1 N–H and O–H groups in total. The van der Waals surface area contributed by atoms with Crippen molar-refractivity contribution in [3.8, 4) is 0 Å². The van der Waals surface area contributed by atoms with E-state index < -0.39 is 4.92 Å². The van der Waals surface area contributed by atoms with Crippen LogP contribution in [0.3, 0.4) is 0 Å². The molecule has 144 valence electrons. The highest BCUT2D eigenvalue weighted by atomic mass is 16.6. The maximum Gasteiger partial charge on any atom is 0.354 e. The average Bonchev–Trinajstić information content (AvgIpc) is 2.70.